The Morgan fingerprint density at radius 2 is 2.26 bits per heavy atom. The summed E-state index contributed by atoms with van der Waals surface area (Å²) >= 11 is 0. The van der Waals surface area contributed by atoms with Gasteiger partial charge < -0.3 is 10.1 Å². The minimum Gasteiger partial charge on any atom is -0.468 e. The van der Waals surface area contributed by atoms with Crippen LogP contribution in [0.1, 0.15) is 6.92 Å². The van der Waals surface area contributed by atoms with Gasteiger partial charge in [-0.2, -0.15) is 5.10 Å². The Labute approximate surface area is 112 Å². The third-order valence-electron chi connectivity index (χ3n) is 2.51. The Morgan fingerprint density at radius 1 is 1.58 bits per heavy atom. The lowest BCUT2D eigenvalue weighted by Gasteiger charge is -2.10. The lowest BCUT2D eigenvalue weighted by atomic mass is 10.4. The lowest BCUT2D eigenvalue weighted by Crippen LogP contribution is -2.37. The van der Waals surface area contributed by atoms with Crippen LogP contribution in [-0.2, 0) is 26.1 Å². The molecule has 19 heavy (non-hydrogen) atoms. The third kappa shape index (κ3) is 4.62. The molecule has 0 bridgehead atoms. The Bertz CT molecular complexity index is 525. The number of ether oxygens (including phenoxy) is 1. The van der Waals surface area contributed by atoms with Crippen LogP contribution >= 0.6 is 0 Å². The van der Waals surface area contributed by atoms with Crippen LogP contribution in [0.25, 0.3) is 0 Å². The molecule has 0 aliphatic heterocycles. The van der Waals surface area contributed by atoms with E-state index in [9.17, 15) is 13.2 Å². The monoisotopic (exact) mass is 290 g/mol. The summed E-state index contributed by atoms with van der Waals surface area (Å²) in [6.07, 6.45) is 2.47. The lowest BCUT2D eigenvalue weighted by molar-refractivity contribution is -0.141. The second-order valence-corrected chi connectivity index (χ2v) is 5.76. The summed E-state index contributed by atoms with van der Waals surface area (Å²) in [6, 6.07) is 0.0138. The number of methoxy groups -OCH3 is 1. The topological polar surface area (TPSA) is 102 Å². The van der Waals surface area contributed by atoms with Gasteiger partial charge in [-0.3, -0.25) is 9.48 Å². The minimum absolute atomic E-state index is 0.0136. The average molecular weight is 290 g/mol. The first kappa shape index (κ1) is 15.6. The number of likely N-dealkylation sites (N-methyl/N-ethyl adjacent to an activating group) is 1. The van der Waals surface area contributed by atoms with Crippen LogP contribution in [-0.4, -0.2) is 50.9 Å². The highest BCUT2D eigenvalue weighted by molar-refractivity contribution is 7.89. The Morgan fingerprint density at radius 3 is 2.84 bits per heavy atom. The molecule has 0 saturated carbocycles. The van der Waals surface area contributed by atoms with Crippen LogP contribution in [0.2, 0.25) is 0 Å². The van der Waals surface area contributed by atoms with E-state index in [-0.39, 0.29) is 24.0 Å². The zero-order valence-electron chi connectivity index (χ0n) is 11.1. The number of nitrogens with one attached hydrogen (secondary N) is 2. The van der Waals surface area contributed by atoms with Gasteiger partial charge in [-0.25, -0.2) is 13.1 Å². The van der Waals surface area contributed by atoms with Crippen molar-refractivity contribution in [3.63, 3.8) is 0 Å². The molecule has 0 aromatic carbocycles. The largest absolute Gasteiger partial charge is 0.468 e. The molecular formula is C10H18N4O4S. The molecular weight excluding hydrogens is 272 g/mol. The van der Waals surface area contributed by atoms with Crippen LogP contribution in [0.15, 0.2) is 17.3 Å². The summed E-state index contributed by atoms with van der Waals surface area (Å²) < 4.78 is 32.0. The van der Waals surface area contributed by atoms with Crippen molar-refractivity contribution in [1.29, 1.82) is 0 Å². The van der Waals surface area contributed by atoms with E-state index in [2.05, 4.69) is 19.9 Å². The van der Waals surface area contributed by atoms with Gasteiger partial charge in [0.15, 0.2) is 0 Å². The molecule has 0 saturated heterocycles. The molecule has 1 rings (SSSR count). The number of rotatable bonds is 7. The number of hydrogen-bond donors (Lipinski definition) is 2. The van der Waals surface area contributed by atoms with Gasteiger partial charge in [-0.15, -0.1) is 0 Å². The molecule has 0 radical (unpaired) electrons. The molecule has 9 heteroatoms. The number of esters is 1. The molecule has 1 atom stereocenters. The smallest absolute Gasteiger partial charge is 0.327 e. The number of carbonyl (C=O) groups is 1. The Hall–Kier alpha value is -1.45. The van der Waals surface area contributed by atoms with Crippen LogP contribution < -0.4 is 10.0 Å². The Kier molecular flexibility index (Phi) is 5.45. The molecule has 108 valence electrons. The van der Waals surface area contributed by atoms with Gasteiger partial charge >= 0.3 is 5.97 Å². The first-order valence-electron chi connectivity index (χ1n) is 5.65. The molecule has 0 spiro atoms. The number of hydrogen-bond acceptors (Lipinski definition) is 6. The fraction of sp³-hybridized carbons (Fsp3) is 0.600. The molecule has 1 aromatic heterocycles. The van der Waals surface area contributed by atoms with E-state index in [4.69, 9.17) is 0 Å². The first-order valence-corrected chi connectivity index (χ1v) is 7.13. The van der Waals surface area contributed by atoms with Crippen LogP contribution in [0.4, 0.5) is 0 Å². The maximum absolute atomic E-state index is 11.9. The van der Waals surface area contributed by atoms with Crippen molar-refractivity contribution in [2.75, 3.05) is 20.7 Å². The van der Waals surface area contributed by atoms with Crippen molar-refractivity contribution in [1.82, 2.24) is 19.8 Å². The molecule has 1 heterocycles. The predicted molar refractivity (Wildman–Crippen MR) is 68.0 cm³/mol. The highest BCUT2D eigenvalue weighted by atomic mass is 32.2. The number of sulfonamides is 1. The summed E-state index contributed by atoms with van der Waals surface area (Å²) in [7, 11) is -0.615. The molecule has 0 fully saturated rings. The van der Waals surface area contributed by atoms with Crippen LogP contribution in [0, 0.1) is 0 Å². The summed E-state index contributed by atoms with van der Waals surface area (Å²) in [6.45, 7) is 1.99. The predicted octanol–water partition coefficient (Wildman–Crippen LogP) is -1.06. The van der Waals surface area contributed by atoms with Crippen molar-refractivity contribution in [3.05, 3.63) is 12.4 Å². The van der Waals surface area contributed by atoms with Gasteiger partial charge in [0.05, 0.1) is 13.3 Å². The zero-order valence-corrected chi connectivity index (χ0v) is 11.9. The summed E-state index contributed by atoms with van der Waals surface area (Å²) in [4.78, 5) is 11.1. The van der Waals surface area contributed by atoms with Gasteiger partial charge in [-0.05, 0) is 14.0 Å². The van der Waals surface area contributed by atoms with Gasteiger partial charge in [0.2, 0.25) is 10.0 Å². The minimum atomic E-state index is -3.61. The van der Waals surface area contributed by atoms with E-state index in [0.29, 0.717) is 0 Å². The van der Waals surface area contributed by atoms with E-state index in [1.54, 1.807) is 7.05 Å². The summed E-state index contributed by atoms with van der Waals surface area (Å²) in [5.41, 5.74) is 0. The van der Waals surface area contributed by atoms with E-state index < -0.39 is 16.0 Å². The van der Waals surface area contributed by atoms with Crippen molar-refractivity contribution >= 4 is 16.0 Å². The number of carbonyl (C=O) groups excluding carboxylic acids is 1. The van der Waals surface area contributed by atoms with E-state index in [1.807, 2.05) is 6.92 Å². The molecule has 8 nitrogen and oxygen atoms in total. The highest BCUT2D eigenvalue weighted by Gasteiger charge is 2.17. The molecule has 1 aromatic rings. The maximum Gasteiger partial charge on any atom is 0.327 e. The first-order chi connectivity index (χ1) is 8.89. The van der Waals surface area contributed by atoms with Crippen molar-refractivity contribution in [2.45, 2.75) is 24.4 Å². The zero-order chi connectivity index (χ0) is 14.5. The molecule has 2 N–H and O–H groups in total. The van der Waals surface area contributed by atoms with Crippen molar-refractivity contribution in [2.24, 2.45) is 0 Å². The second-order valence-electron chi connectivity index (χ2n) is 3.99. The second kappa shape index (κ2) is 6.64. The van der Waals surface area contributed by atoms with Gasteiger partial charge in [-0.1, -0.05) is 0 Å². The van der Waals surface area contributed by atoms with Gasteiger partial charge in [0.1, 0.15) is 11.4 Å². The maximum atomic E-state index is 11.9. The number of nitrogens with zero attached hydrogens (tertiary/aromatic N) is 2. The fourth-order valence-corrected chi connectivity index (χ4v) is 2.27. The van der Waals surface area contributed by atoms with Gasteiger partial charge in [0.25, 0.3) is 0 Å². The third-order valence-corrected chi connectivity index (χ3v) is 3.89. The fourth-order valence-electron chi connectivity index (χ4n) is 1.19. The quantitative estimate of drug-likeness (QED) is 0.621. The Balaban J connectivity index is 2.71. The SMILES string of the molecule is CNC(C)CNS(=O)(=O)c1cnn(CC(=O)OC)c1. The van der Waals surface area contributed by atoms with Crippen LogP contribution in [0.3, 0.4) is 0 Å². The normalized spacial score (nSPS) is 13.2. The number of aromatic nitrogens is 2. The van der Waals surface area contributed by atoms with Crippen LogP contribution in [0.5, 0.6) is 0 Å². The summed E-state index contributed by atoms with van der Waals surface area (Å²) in [5.74, 6) is -0.496. The van der Waals surface area contributed by atoms with E-state index in [1.165, 1.54) is 24.2 Å². The van der Waals surface area contributed by atoms with E-state index in [0.717, 1.165) is 0 Å². The van der Waals surface area contributed by atoms with Crippen molar-refractivity contribution < 1.29 is 17.9 Å². The standard InChI is InChI=1S/C10H18N4O4S/c1-8(11-2)4-13-19(16,17)9-5-12-14(6-9)7-10(15)18-3/h5-6,8,11,13H,4,7H2,1-3H3. The molecule has 1 unspecified atom stereocenters. The highest BCUT2D eigenvalue weighted by Crippen LogP contribution is 2.06. The summed E-state index contributed by atoms with van der Waals surface area (Å²) in [5, 5.41) is 6.72. The average Bonchev–Trinajstić information content (AvgIpc) is 2.85. The van der Waals surface area contributed by atoms with Gasteiger partial charge in [0, 0.05) is 18.8 Å². The molecule has 0 aliphatic rings. The van der Waals surface area contributed by atoms with Crippen molar-refractivity contribution in [3.8, 4) is 0 Å². The van der Waals surface area contributed by atoms with E-state index >= 15 is 0 Å². The molecule has 0 amide bonds. The molecule has 0 aliphatic carbocycles.